The number of aromatic amines is 1. The van der Waals surface area contributed by atoms with Crippen molar-refractivity contribution >= 4 is 28.1 Å². The number of carbonyl (C=O) groups excluding carboxylic acids is 1. The molecule has 21 heavy (non-hydrogen) atoms. The van der Waals surface area contributed by atoms with Gasteiger partial charge in [0.15, 0.2) is 4.90 Å². The third kappa shape index (κ3) is 2.39. The molecule has 0 unspecified atom stereocenters. The van der Waals surface area contributed by atoms with E-state index in [2.05, 4.69) is 4.98 Å². The second kappa shape index (κ2) is 5.28. The van der Waals surface area contributed by atoms with E-state index < -0.39 is 15.9 Å². The van der Waals surface area contributed by atoms with Crippen LogP contribution in [-0.2, 0) is 14.8 Å². The van der Waals surface area contributed by atoms with E-state index in [-0.39, 0.29) is 10.6 Å². The van der Waals surface area contributed by atoms with Gasteiger partial charge in [-0.3, -0.25) is 4.79 Å². The van der Waals surface area contributed by atoms with Crippen LogP contribution in [0.2, 0.25) is 0 Å². The fourth-order valence-electron chi connectivity index (χ4n) is 2.80. The van der Waals surface area contributed by atoms with E-state index in [4.69, 9.17) is 10.5 Å². The molecule has 0 atom stereocenters. The Labute approximate surface area is 122 Å². The molecule has 1 aromatic rings. The number of amides is 1. The third-order valence-electron chi connectivity index (χ3n) is 3.83. The Bertz CT molecular complexity index is 788. The number of fused-ring (bicyclic) bond motifs is 1. The molecular weight excluding hydrogens is 294 g/mol. The smallest absolute Gasteiger partial charge is 0.328 e. The van der Waals surface area contributed by atoms with E-state index in [1.54, 1.807) is 0 Å². The van der Waals surface area contributed by atoms with E-state index in [1.807, 2.05) is 12.2 Å². The van der Waals surface area contributed by atoms with Crippen LogP contribution in [0, 0.1) is 0 Å². The first kappa shape index (κ1) is 14.3. The van der Waals surface area contributed by atoms with E-state index in [1.165, 1.54) is 0 Å². The highest BCUT2D eigenvalue weighted by Crippen LogP contribution is 2.08. The molecule has 0 spiro atoms. The highest BCUT2D eigenvalue weighted by atomic mass is 32.2. The zero-order valence-electron chi connectivity index (χ0n) is 11.5. The second-order valence-corrected chi connectivity index (χ2v) is 7.15. The topological polar surface area (TPSA) is 107 Å². The molecule has 3 rings (SSSR count). The molecule has 1 amide bonds. The Hall–Kier alpha value is -1.64. The lowest BCUT2D eigenvalue weighted by atomic mass is 10.2. The standard InChI is InChI=1S/C13H17N3O4S/c14-13(17)11-12(9-3-1-2-4-10(9)15-11)21(18,19)16-5-7-20-8-6-16/h3-4,15H,1-2,5-8H2,(H2,14,17)/p+1. The highest BCUT2D eigenvalue weighted by molar-refractivity contribution is 7.85. The predicted octanol–water partition coefficient (Wildman–Crippen LogP) is -2.93. The highest BCUT2D eigenvalue weighted by Gasteiger charge is 2.36. The second-order valence-electron chi connectivity index (χ2n) is 5.16. The monoisotopic (exact) mass is 312 g/mol. The molecule has 0 radical (unpaired) electrons. The van der Waals surface area contributed by atoms with Gasteiger partial charge in [0.1, 0.15) is 18.8 Å². The maximum atomic E-state index is 12.9. The van der Waals surface area contributed by atoms with Gasteiger partial charge in [0.25, 0.3) is 5.91 Å². The number of sulfonamides is 1. The summed E-state index contributed by atoms with van der Waals surface area (Å²) in [6.45, 7) is 1.51. The van der Waals surface area contributed by atoms with Gasteiger partial charge in [-0.1, -0.05) is 12.2 Å². The summed E-state index contributed by atoms with van der Waals surface area (Å²) in [6, 6.07) is 0. The first-order valence-corrected chi connectivity index (χ1v) is 8.40. The van der Waals surface area contributed by atoms with E-state index in [0.29, 0.717) is 41.2 Å². The molecule has 1 fully saturated rings. The summed E-state index contributed by atoms with van der Waals surface area (Å²) in [6.07, 6.45) is 5.32. The lowest BCUT2D eigenvalue weighted by Crippen LogP contribution is -3.15. The van der Waals surface area contributed by atoms with Crippen molar-refractivity contribution in [2.75, 3.05) is 26.3 Å². The lowest BCUT2D eigenvalue weighted by molar-refractivity contribution is -0.779. The summed E-state index contributed by atoms with van der Waals surface area (Å²) in [4.78, 5) is 14.5. The van der Waals surface area contributed by atoms with E-state index in [0.717, 1.165) is 12.8 Å². The molecule has 4 N–H and O–H groups in total. The van der Waals surface area contributed by atoms with Gasteiger partial charge in [0, 0.05) is 10.6 Å². The number of morpholine rings is 1. The Morgan fingerprint density at radius 2 is 1.90 bits per heavy atom. The minimum atomic E-state index is -3.68. The summed E-state index contributed by atoms with van der Waals surface area (Å²) < 4.78 is 31.4. The molecule has 7 nitrogen and oxygen atoms in total. The van der Waals surface area contributed by atoms with Gasteiger partial charge >= 0.3 is 10.0 Å². The third-order valence-corrected chi connectivity index (χ3v) is 5.96. The van der Waals surface area contributed by atoms with Crippen molar-refractivity contribution in [3.8, 4) is 0 Å². The van der Waals surface area contributed by atoms with Gasteiger partial charge in [-0.25, -0.2) is 4.31 Å². The SMILES string of the molecule is NC(=O)c1[nH]c2c(c1S(=O)(=O)[NH+]1CCOCC1)=CCCC=2. The molecule has 0 bridgehead atoms. The van der Waals surface area contributed by atoms with Crippen LogP contribution in [-0.4, -0.2) is 45.6 Å². The molecule has 8 heteroatoms. The molecule has 1 aliphatic heterocycles. The number of nitrogens with two attached hydrogens (primary N) is 1. The summed E-state index contributed by atoms with van der Waals surface area (Å²) in [5.41, 5.74) is 5.34. The van der Waals surface area contributed by atoms with Crippen LogP contribution in [0.4, 0.5) is 0 Å². The fraction of sp³-hybridized carbons (Fsp3) is 0.462. The number of hydrogen-bond donors (Lipinski definition) is 3. The normalized spacial score (nSPS) is 19.4. The number of quaternary nitrogens is 1. The van der Waals surface area contributed by atoms with Crippen LogP contribution >= 0.6 is 0 Å². The molecular formula is C13H18N3O4S+. The number of primary amides is 1. The van der Waals surface area contributed by atoms with Crippen molar-refractivity contribution < 1.29 is 22.3 Å². The summed E-state index contributed by atoms with van der Waals surface area (Å²) in [5, 5.41) is 1.25. The van der Waals surface area contributed by atoms with Crippen LogP contribution in [0.15, 0.2) is 4.90 Å². The largest absolute Gasteiger partial charge is 0.370 e. The van der Waals surface area contributed by atoms with Crippen LogP contribution in [0.25, 0.3) is 12.2 Å². The van der Waals surface area contributed by atoms with Crippen LogP contribution < -0.4 is 20.6 Å². The van der Waals surface area contributed by atoms with E-state index >= 15 is 0 Å². The summed E-state index contributed by atoms with van der Waals surface area (Å²) >= 11 is 0. The number of H-pyrrole nitrogens is 1. The van der Waals surface area contributed by atoms with Crippen molar-refractivity contribution in [1.29, 1.82) is 0 Å². The molecule has 1 aliphatic carbocycles. The number of nitrogens with one attached hydrogen (secondary N) is 2. The molecule has 1 aromatic heterocycles. The Morgan fingerprint density at radius 3 is 2.57 bits per heavy atom. The molecule has 2 aliphatic rings. The maximum absolute atomic E-state index is 12.9. The molecule has 0 saturated carbocycles. The maximum Gasteiger partial charge on any atom is 0.328 e. The van der Waals surface area contributed by atoms with E-state index in [9.17, 15) is 13.2 Å². The van der Waals surface area contributed by atoms with Gasteiger partial charge in [-0.2, -0.15) is 8.42 Å². The van der Waals surface area contributed by atoms with Gasteiger partial charge in [0.2, 0.25) is 0 Å². The van der Waals surface area contributed by atoms with Crippen molar-refractivity contribution in [3.63, 3.8) is 0 Å². The van der Waals surface area contributed by atoms with Gasteiger partial charge in [-0.05, 0) is 12.8 Å². The summed E-state index contributed by atoms with van der Waals surface area (Å²) in [7, 11) is -3.68. The van der Waals surface area contributed by atoms with Crippen molar-refractivity contribution in [3.05, 3.63) is 16.3 Å². The summed E-state index contributed by atoms with van der Waals surface area (Å²) in [5.74, 6) is -0.752. The van der Waals surface area contributed by atoms with Crippen molar-refractivity contribution in [1.82, 2.24) is 4.98 Å². The first-order valence-electron chi connectivity index (χ1n) is 6.91. The lowest BCUT2D eigenvalue weighted by Gasteiger charge is -2.22. The molecule has 114 valence electrons. The number of rotatable bonds is 3. The van der Waals surface area contributed by atoms with Gasteiger partial charge in [-0.15, -0.1) is 0 Å². The molecule has 2 heterocycles. The predicted molar refractivity (Wildman–Crippen MR) is 75.4 cm³/mol. The van der Waals surface area contributed by atoms with Gasteiger partial charge in [0.05, 0.1) is 13.2 Å². The van der Waals surface area contributed by atoms with Crippen molar-refractivity contribution in [2.45, 2.75) is 17.7 Å². The van der Waals surface area contributed by atoms with Crippen molar-refractivity contribution in [2.24, 2.45) is 5.73 Å². The number of ether oxygens (including phenoxy) is 1. The number of aromatic nitrogens is 1. The zero-order valence-corrected chi connectivity index (χ0v) is 12.3. The van der Waals surface area contributed by atoms with Crippen LogP contribution in [0.3, 0.4) is 0 Å². The first-order chi connectivity index (χ1) is 10.0. The van der Waals surface area contributed by atoms with Gasteiger partial charge < -0.3 is 15.5 Å². The number of hydrogen-bond acceptors (Lipinski definition) is 4. The minimum Gasteiger partial charge on any atom is -0.370 e. The Balaban J connectivity index is 2.22. The molecule has 1 saturated heterocycles. The zero-order chi connectivity index (χ0) is 15.0. The van der Waals surface area contributed by atoms with Crippen LogP contribution in [0.1, 0.15) is 23.3 Å². The molecule has 0 aromatic carbocycles. The Kier molecular flexibility index (Phi) is 3.60. The van der Waals surface area contributed by atoms with Crippen LogP contribution in [0.5, 0.6) is 0 Å². The fourth-order valence-corrected chi connectivity index (χ4v) is 4.70. The minimum absolute atomic E-state index is 0.0200. The average molecular weight is 312 g/mol. The number of carbonyl (C=O) groups is 1. The average Bonchev–Trinajstić information content (AvgIpc) is 2.88. The Morgan fingerprint density at radius 1 is 1.24 bits per heavy atom. The quantitative estimate of drug-likeness (QED) is 0.555.